The van der Waals surface area contributed by atoms with E-state index < -0.39 is 0 Å². The summed E-state index contributed by atoms with van der Waals surface area (Å²) >= 11 is 1.33. The molecule has 0 atom stereocenters. The second kappa shape index (κ2) is 9.42. The lowest BCUT2D eigenvalue weighted by atomic mass is 10.1. The molecule has 4 rings (SSSR count). The summed E-state index contributed by atoms with van der Waals surface area (Å²) in [6, 6.07) is 12.7. The molecule has 164 valence electrons. The molecule has 7 nitrogen and oxygen atoms in total. The number of nitrogens with one attached hydrogen (secondary N) is 1. The second-order valence-corrected chi connectivity index (χ2v) is 8.27. The Morgan fingerprint density at radius 3 is 2.56 bits per heavy atom. The maximum absolute atomic E-state index is 12.8. The molecular weight excluding hydrogens is 426 g/mol. The van der Waals surface area contributed by atoms with Crippen molar-refractivity contribution in [2.75, 3.05) is 25.6 Å². The third-order valence-electron chi connectivity index (χ3n) is 5.35. The van der Waals surface area contributed by atoms with Crippen molar-refractivity contribution in [3.05, 3.63) is 70.1 Å². The summed E-state index contributed by atoms with van der Waals surface area (Å²) in [4.78, 5) is 43.6. The van der Waals surface area contributed by atoms with Gasteiger partial charge in [0.15, 0.2) is 5.13 Å². The SMILES string of the molecule is CCc1ccc(-c2csc(NC(=O)c3ccc4c(c3)C(=O)N(CCCOC)C4=O)n2)cc1. The first kappa shape index (κ1) is 21.9. The smallest absolute Gasteiger partial charge is 0.261 e. The van der Waals surface area contributed by atoms with Gasteiger partial charge >= 0.3 is 0 Å². The number of anilines is 1. The van der Waals surface area contributed by atoms with Crippen LogP contribution in [0.1, 0.15) is 50.0 Å². The quantitative estimate of drug-likeness (QED) is 0.410. The summed E-state index contributed by atoms with van der Waals surface area (Å²) in [7, 11) is 1.57. The van der Waals surface area contributed by atoms with Crippen molar-refractivity contribution < 1.29 is 19.1 Å². The van der Waals surface area contributed by atoms with Crippen LogP contribution in [-0.2, 0) is 11.2 Å². The van der Waals surface area contributed by atoms with Crippen molar-refractivity contribution in [3.8, 4) is 11.3 Å². The van der Waals surface area contributed by atoms with Crippen molar-refractivity contribution >= 4 is 34.2 Å². The van der Waals surface area contributed by atoms with E-state index in [1.807, 2.05) is 17.5 Å². The maximum atomic E-state index is 12.8. The second-order valence-electron chi connectivity index (χ2n) is 7.41. The van der Waals surface area contributed by atoms with Crippen LogP contribution in [0.2, 0.25) is 0 Å². The number of methoxy groups -OCH3 is 1. The molecule has 0 saturated carbocycles. The van der Waals surface area contributed by atoms with Gasteiger partial charge in [-0.2, -0.15) is 0 Å². The summed E-state index contributed by atoms with van der Waals surface area (Å²) in [5.41, 5.74) is 3.88. The minimum absolute atomic E-state index is 0.246. The molecule has 3 aromatic rings. The van der Waals surface area contributed by atoms with Crippen LogP contribution in [0.15, 0.2) is 47.8 Å². The Morgan fingerprint density at radius 2 is 1.84 bits per heavy atom. The first-order chi connectivity index (χ1) is 15.5. The summed E-state index contributed by atoms with van der Waals surface area (Å²) in [5, 5.41) is 5.14. The van der Waals surface area contributed by atoms with E-state index in [1.165, 1.54) is 33.9 Å². The van der Waals surface area contributed by atoms with E-state index in [4.69, 9.17) is 4.74 Å². The molecule has 2 heterocycles. The molecule has 2 aromatic carbocycles. The summed E-state index contributed by atoms with van der Waals surface area (Å²) in [5.74, 6) is -1.11. The molecule has 0 bridgehead atoms. The van der Waals surface area contributed by atoms with Crippen LogP contribution in [0.25, 0.3) is 11.3 Å². The van der Waals surface area contributed by atoms with Crippen LogP contribution in [-0.4, -0.2) is 47.9 Å². The van der Waals surface area contributed by atoms with Gasteiger partial charge in [0.25, 0.3) is 17.7 Å². The van der Waals surface area contributed by atoms with Gasteiger partial charge in [-0.15, -0.1) is 11.3 Å². The highest BCUT2D eigenvalue weighted by atomic mass is 32.1. The van der Waals surface area contributed by atoms with Gasteiger partial charge in [0, 0.05) is 36.8 Å². The molecule has 0 spiro atoms. The zero-order valence-corrected chi connectivity index (χ0v) is 18.7. The molecule has 0 fully saturated rings. The van der Waals surface area contributed by atoms with Crippen molar-refractivity contribution in [3.63, 3.8) is 0 Å². The Balaban J connectivity index is 1.47. The first-order valence-electron chi connectivity index (χ1n) is 10.4. The Bertz CT molecular complexity index is 1170. The predicted octanol–water partition coefficient (Wildman–Crippen LogP) is 4.26. The largest absolute Gasteiger partial charge is 0.385 e. The number of hydrogen-bond donors (Lipinski definition) is 1. The number of imide groups is 1. The molecule has 32 heavy (non-hydrogen) atoms. The van der Waals surface area contributed by atoms with Crippen LogP contribution < -0.4 is 5.32 Å². The summed E-state index contributed by atoms with van der Waals surface area (Å²) < 4.78 is 4.99. The number of benzene rings is 2. The van der Waals surface area contributed by atoms with Crippen molar-refractivity contribution in [2.45, 2.75) is 19.8 Å². The molecule has 1 aliphatic rings. The minimum Gasteiger partial charge on any atom is -0.385 e. The molecule has 0 radical (unpaired) electrons. The number of aromatic nitrogens is 1. The third-order valence-corrected chi connectivity index (χ3v) is 6.10. The fraction of sp³-hybridized carbons (Fsp3) is 0.250. The fourth-order valence-corrected chi connectivity index (χ4v) is 4.26. The van der Waals surface area contributed by atoms with Crippen LogP contribution in [0.4, 0.5) is 5.13 Å². The average molecular weight is 450 g/mol. The number of nitrogens with zero attached hydrogens (tertiary/aromatic N) is 2. The zero-order chi connectivity index (χ0) is 22.7. The first-order valence-corrected chi connectivity index (χ1v) is 11.2. The molecule has 8 heteroatoms. The van der Waals surface area contributed by atoms with Gasteiger partial charge in [-0.05, 0) is 36.6 Å². The van der Waals surface area contributed by atoms with E-state index in [-0.39, 0.29) is 29.8 Å². The number of rotatable bonds is 8. The van der Waals surface area contributed by atoms with Crippen molar-refractivity contribution in [1.29, 1.82) is 0 Å². The molecule has 3 amide bonds. The average Bonchev–Trinajstić information content (AvgIpc) is 3.37. The Labute approximate surface area is 190 Å². The van der Waals surface area contributed by atoms with Crippen LogP contribution >= 0.6 is 11.3 Å². The Morgan fingerprint density at radius 1 is 1.09 bits per heavy atom. The van der Waals surface area contributed by atoms with Crippen LogP contribution in [0.3, 0.4) is 0 Å². The molecule has 0 unspecified atom stereocenters. The zero-order valence-electron chi connectivity index (χ0n) is 17.9. The van der Waals surface area contributed by atoms with Gasteiger partial charge in [-0.25, -0.2) is 4.98 Å². The van der Waals surface area contributed by atoms with E-state index in [0.717, 1.165) is 17.7 Å². The normalized spacial score (nSPS) is 12.9. The lowest BCUT2D eigenvalue weighted by molar-refractivity contribution is 0.0638. The van der Waals surface area contributed by atoms with E-state index in [9.17, 15) is 14.4 Å². The lowest BCUT2D eigenvalue weighted by Gasteiger charge is -2.12. The van der Waals surface area contributed by atoms with Crippen molar-refractivity contribution in [1.82, 2.24) is 9.88 Å². The number of carbonyl (C=O) groups is 3. The van der Waals surface area contributed by atoms with Gasteiger partial charge in [0.1, 0.15) is 0 Å². The van der Waals surface area contributed by atoms with Gasteiger partial charge in [0.2, 0.25) is 0 Å². The van der Waals surface area contributed by atoms with Crippen molar-refractivity contribution in [2.24, 2.45) is 0 Å². The number of fused-ring (bicyclic) bond motifs is 1. The van der Waals surface area contributed by atoms with E-state index in [1.54, 1.807) is 13.2 Å². The van der Waals surface area contributed by atoms with E-state index in [2.05, 4.69) is 29.4 Å². The van der Waals surface area contributed by atoms with Crippen LogP contribution in [0, 0.1) is 0 Å². The maximum Gasteiger partial charge on any atom is 0.261 e. The highest BCUT2D eigenvalue weighted by Crippen LogP contribution is 2.27. The molecule has 1 aliphatic heterocycles. The molecule has 1 aromatic heterocycles. The van der Waals surface area contributed by atoms with Gasteiger partial charge in [-0.1, -0.05) is 31.2 Å². The number of amides is 3. The number of carbonyl (C=O) groups excluding carboxylic acids is 3. The van der Waals surface area contributed by atoms with E-state index >= 15 is 0 Å². The van der Waals surface area contributed by atoms with Gasteiger partial charge in [-0.3, -0.25) is 24.6 Å². The number of hydrogen-bond acceptors (Lipinski definition) is 6. The van der Waals surface area contributed by atoms with E-state index in [0.29, 0.717) is 29.3 Å². The number of thiazole rings is 1. The predicted molar refractivity (Wildman–Crippen MR) is 123 cm³/mol. The summed E-state index contributed by atoms with van der Waals surface area (Å²) in [6.45, 7) is 2.84. The van der Waals surface area contributed by atoms with Gasteiger partial charge < -0.3 is 4.74 Å². The fourth-order valence-electron chi connectivity index (χ4n) is 3.55. The highest BCUT2D eigenvalue weighted by molar-refractivity contribution is 7.14. The standard InChI is InChI=1S/C24H23N3O4S/c1-3-15-5-7-16(8-6-15)20-14-32-24(25-20)26-21(28)17-9-10-18-19(13-17)23(30)27(22(18)29)11-4-12-31-2/h5-10,13-14H,3-4,11-12H2,1-2H3,(H,25,26,28). The Hall–Kier alpha value is -3.36. The molecule has 1 N–H and O–H groups in total. The number of aryl methyl sites for hydroxylation is 1. The monoisotopic (exact) mass is 449 g/mol. The third kappa shape index (κ3) is 4.32. The molecular formula is C24H23N3O4S. The minimum atomic E-state index is -0.386. The topological polar surface area (TPSA) is 88.6 Å². The number of ether oxygens (including phenoxy) is 1. The highest BCUT2D eigenvalue weighted by Gasteiger charge is 2.35. The molecule has 0 aliphatic carbocycles. The molecule has 0 saturated heterocycles. The summed E-state index contributed by atoms with van der Waals surface area (Å²) in [6.07, 6.45) is 1.53. The van der Waals surface area contributed by atoms with Crippen LogP contribution in [0.5, 0.6) is 0 Å². The van der Waals surface area contributed by atoms with Gasteiger partial charge in [0.05, 0.1) is 16.8 Å². The lowest BCUT2D eigenvalue weighted by Crippen LogP contribution is -2.31. The Kier molecular flexibility index (Phi) is 6.43.